The highest BCUT2D eigenvalue weighted by molar-refractivity contribution is 7.92. The number of ether oxygens (including phenoxy) is 2. The van der Waals surface area contributed by atoms with Crippen LogP contribution in [0.15, 0.2) is 71.6 Å². The number of benzene rings is 3. The SMILES string of the molecule is CCNC(=O)C(C)N(Cc1ccc(Cl)cc1Cl)C(=O)CN(c1ccc2c(c1)OCCO2)S(=O)(=O)c1ccccc1. The maximum absolute atomic E-state index is 13.9. The Labute approximate surface area is 243 Å². The molecule has 9 nitrogen and oxygen atoms in total. The van der Waals surface area contributed by atoms with Crippen molar-refractivity contribution in [3.05, 3.63) is 82.3 Å². The van der Waals surface area contributed by atoms with E-state index in [0.717, 1.165) is 4.31 Å². The van der Waals surface area contributed by atoms with Gasteiger partial charge in [0.25, 0.3) is 10.0 Å². The summed E-state index contributed by atoms with van der Waals surface area (Å²) in [6, 6.07) is 16.4. The van der Waals surface area contributed by atoms with E-state index in [4.69, 9.17) is 32.7 Å². The van der Waals surface area contributed by atoms with Gasteiger partial charge in [-0.1, -0.05) is 47.5 Å². The van der Waals surface area contributed by atoms with E-state index < -0.39 is 34.4 Å². The molecule has 3 aromatic rings. The molecule has 0 aromatic heterocycles. The number of rotatable bonds is 10. The van der Waals surface area contributed by atoms with Gasteiger partial charge in [-0.25, -0.2) is 8.42 Å². The monoisotopic (exact) mass is 605 g/mol. The standard InChI is InChI=1S/C28H29Cl2N3O6S/c1-3-31-28(35)19(2)32(17-20-9-10-21(29)15-24(20)30)27(34)18-33(40(36,37)23-7-5-4-6-8-23)22-11-12-25-26(16-22)39-14-13-38-25/h4-12,15-16,19H,3,13-14,17-18H2,1-2H3,(H,31,35). The number of sulfonamides is 1. The van der Waals surface area contributed by atoms with Crippen LogP contribution in [0.1, 0.15) is 19.4 Å². The van der Waals surface area contributed by atoms with Gasteiger partial charge >= 0.3 is 0 Å². The zero-order chi connectivity index (χ0) is 28.9. The number of carbonyl (C=O) groups is 2. The van der Waals surface area contributed by atoms with E-state index in [1.807, 2.05) is 0 Å². The highest BCUT2D eigenvalue weighted by Gasteiger charge is 2.33. The Morgan fingerprint density at radius 1 is 0.975 bits per heavy atom. The third kappa shape index (κ3) is 6.63. The van der Waals surface area contributed by atoms with Crippen molar-refractivity contribution in [3.63, 3.8) is 0 Å². The molecule has 0 saturated heterocycles. The van der Waals surface area contributed by atoms with E-state index in [2.05, 4.69) is 5.32 Å². The average Bonchev–Trinajstić information content (AvgIpc) is 2.95. The third-order valence-electron chi connectivity index (χ3n) is 6.30. The molecule has 1 aliphatic rings. The van der Waals surface area contributed by atoms with Gasteiger partial charge in [0, 0.05) is 29.2 Å². The van der Waals surface area contributed by atoms with Gasteiger partial charge in [-0.05, 0) is 55.8 Å². The Morgan fingerprint density at radius 3 is 2.35 bits per heavy atom. The zero-order valence-corrected chi connectivity index (χ0v) is 24.3. The number of amides is 2. The van der Waals surface area contributed by atoms with Crippen LogP contribution in [-0.4, -0.2) is 57.5 Å². The van der Waals surface area contributed by atoms with Gasteiger partial charge in [0.15, 0.2) is 11.5 Å². The second-order valence-electron chi connectivity index (χ2n) is 8.98. The molecule has 0 bridgehead atoms. The first-order chi connectivity index (χ1) is 19.1. The van der Waals surface area contributed by atoms with Crippen molar-refractivity contribution < 1.29 is 27.5 Å². The summed E-state index contributed by atoms with van der Waals surface area (Å²) in [5.74, 6) is -0.163. The molecule has 1 N–H and O–H groups in total. The van der Waals surface area contributed by atoms with Crippen molar-refractivity contribution in [1.82, 2.24) is 10.2 Å². The number of carbonyl (C=O) groups excluding carboxylic acids is 2. The number of halogens is 2. The van der Waals surface area contributed by atoms with Gasteiger partial charge in [-0.15, -0.1) is 0 Å². The van der Waals surface area contributed by atoms with Gasteiger partial charge in [-0.3, -0.25) is 13.9 Å². The molecule has 0 saturated carbocycles. The van der Waals surface area contributed by atoms with Crippen LogP contribution >= 0.6 is 23.2 Å². The Morgan fingerprint density at radius 2 is 1.68 bits per heavy atom. The first kappa shape index (κ1) is 29.5. The highest BCUT2D eigenvalue weighted by Crippen LogP contribution is 2.36. The molecule has 0 fully saturated rings. The van der Waals surface area contributed by atoms with Crippen LogP contribution in [0, 0.1) is 0 Å². The lowest BCUT2D eigenvalue weighted by Crippen LogP contribution is -2.51. The Kier molecular flexibility index (Phi) is 9.44. The van der Waals surface area contributed by atoms with Crippen LogP contribution in [0.5, 0.6) is 11.5 Å². The Balaban J connectivity index is 1.74. The molecule has 40 heavy (non-hydrogen) atoms. The fraction of sp³-hybridized carbons (Fsp3) is 0.286. The van der Waals surface area contributed by atoms with Crippen molar-refractivity contribution in [2.24, 2.45) is 0 Å². The number of likely N-dealkylation sites (N-methyl/N-ethyl adjacent to an activating group) is 1. The molecule has 1 aliphatic heterocycles. The summed E-state index contributed by atoms with van der Waals surface area (Å²) >= 11 is 12.4. The summed E-state index contributed by atoms with van der Waals surface area (Å²) in [7, 11) is -4.21. The summed E-state index contributed by atoms with van der Waals surface area (Å²) in [5, 5.41) is 3.45. The van der Waals surface area contributed by atoms with Crippen LogP contribution in [0.25, 0.3) is 0 Å². The molecule has 0 radical (unpaired) electrons. The van der Waals surface area contributed by atoms with Crippen LogP contribution in [-0.2, 0) is 26.2 Å². The second kappa shape index (κ2) is 12.8. The number of nitrogens with one attached hydrogen (secondary N) is 1. The van der Waals surface area contributed by atoms with E-state index in [-0.39, 0.29) is 17.1 Å². The second-order valence-corrected chi connectivity index (χ2v) is 11.7. The quantitative estimate of drug-likeness (QED) is 0.364. The summed E-state index contributed by atoms with van der Waals surface area (Å²) in [5.41, 5.74) is 0.754. The topological polar surface area (TPSA) is 105 Å². The van der Waals surface area contributed by atoms with Gasteiger partial charge in [-0.2, -0.15) is 0 Å². The maximum atomic E-state index is 13.9. The minimum atomic E-state index is -4.21. The van der Waals surface area contributed by atoms with E-state index in [0.29, 0.717) is 46.9 Å². The third-order valence-corrected chi connectivity index (χ3v) is 8.67. The van der Waals surface area contributed by atoms with Gasteiger partial charge in [0.05, 0.1) is 10.6 Å². The molecule has 0 spiro atoms. The zero-order valence-electron chi connectivity index (χ0n) is 22.0. The van der Waals surface area contributed by atoms with Gasteiger partial charge < -0.3 is 19.7 Å². The number of hydrogen-bond acceptors (Lipinski definition) is 6. The minimum Gasteiger partial charge on any atom is -0.486 e. The van der Waals surface area contributed by atoms with E-state index >= 15 is 0 Å². The minimum absolute atomic E-state index is 0.00163. The van der Waals surface area contributed by atoms with Crippen LogP contribution in [0.4, 0.5) is 5.69 Å². The summed E-state index contributed by atoms with van der Waals surface area (Å²) in [6.07, 6.45) is 0. The molecule has 1 atom stereocenters. The van der Waals surface area contributed by atoms with E-state index in [1.54, 1.807) is 62.4 Å². The normalized spacial score (nSPS) is 13.3. The van der Waals surface area contributed by atoms with Gasteiger partial charge in [0.1, 0.15) is 25.8 Å². The van der Waals surface area contributed by atoms with Crippen molar-refractivity contribution in [3.8, 4) is 11.5 Å². The summed E-state index contributed by atoms with van der Waals surface area (Å²) in [4.78, 5) is 28.1. The molecule has 212 valence electrons. The summed E-state index contributed by atoms with van der Waals surface area (Å²) in [6.45, 7) is 3.74. The molecule has 1 unspecified atom stereocenters. The molecular formula is C28H29Cl2N3O6S. The maximum Gasteiger partial charge on any atom is 0.264 e. The molecule has 0 aliphatic carbocycles. The van der Waals surface area contributed by atoms with Gasteiger partial charge in [0.2, 0.25) is 11.8 Å². The van der Waals surface area contributed by atoms with E-state index in [9.17, 15) is 18.0 Å². The first-order valence-corrected chi connectivity index (χ1v) is 14.8. The predicted octanol–water partition coefficient (Wildman–Crippen LogP) is 4.51. The largest absolute Gasteiger partial charge is 0.486 e. The number of fused-ring (bicyclic) bond motifs is 1. The molecule has 1 heterocycles. The number of nitrogens with zero attached hydrogens (tertiary/aromatic N) is 2. The lowest BCUT2D eigenvalue weighted by molar-refractivity contribution is -0.139. The highest BCUT2D eigenvalue weighted by atomic mass is 35.5. The number of anilines is 1. The first-order valence-electron chi connectivity index (χ1n) is 12.6. The van der Waals surface area contributed by atoms with Crippen LogP contribution in [0.3, 0.4) is 0 Å². The fourth-order valence-corrected chi connectivity index (χ4v) is 6.07. The fourth-order valence-electron chi connectivity index (χ4n) is 4.17. The molecule has 4 rings (SSSR count). The van der Waals surface area contributed by atoms with Crippen LogP contribution < -0.4 is 19.1 Å². The predicted molar refractivity (Wildman–Crippen MR) is 154 cm³/mol. The summed E-state index contributed by atoms with van der Waals surface area (Å²) < 4.78 is 40.0. The molecular weight excluding hydrogens is 577 g/mol. The number of hydrogen-bond donors (Lipinski definition) is 1. The molecule has 2 amide bonds. The molecule has 3 aromatic carbocycles. The smallest absolute Gasteiger partial charge is 0.264 e. The molecule has 12 heteroatoms. The Bertz CT molecular complexity index is 1490. The lowest BCUT2D eigenvalue weighted by atomic mass is 10.1. The van der Waals surface area contributed by atoms with Crippen molar-refractivity contribution in [2.75, 3.05) is 30.6 Å². The Hall–Kier alpha value is -3.47. The van der Waals surface area contributed by atoms with E-state index in [1.165, 1.54) is 23.1 Å². The van der Waals surface area contributed by atoms with Crippen LogP contribution in [0.2, 0.25) is 10.0 Å². The van der Waals surface area contributed by atoms with Crippen molar-refractivity contribution in [2.45, 2.75) is 31.3 Å². The van der Waals surface area contributed by atoms with Crippen molar-refractivity contribution in [1.29, 1.82) is 0 Å². The van der Waals surface area contributed by atoms with Crippen molar-refractivity contribution >= 4 is 50.7 Å². The average molecular weight is 607 g/mol. The lowest BCUT2D eigenvalue weighted by Gasteiger charge is -2.32.